The lowest BCUT2D eigenvalue weighted by Crippen LogP contribution is -2.35. The highest BCUT2D eigenvalue weighted by Gasteiger charge is 2.21. The van der Waals surface area contributed by atoms with Crippen molar-refractivity contribution in [1.82, 2.24) is 5.32 Å². The maximum Gasteiger partial charge on any atom is 0.244 e. The summed E-state index contributed by atoms with van der Waals surface area (Å²) in [7, 11) is 0. The standard InChI is InChI=1S/C12H13NO2/c14-8-10-7-13-12(15)6-11(10)9-4-2-1-3-5-9/h1-6,10,14H,7-8H2,(H,13,15)/t10-/m0/s1. The lowest BCUT2D eigenvalue weighted by molar-refractivity contribution is -0.116. The van der Waals surface area contributed by atoms with Crippen molar-refractivity contribution in [2.75, 3.05) is 13.2 Å². The van der Waals surface area contributed by atoms with Crippen molar-refractivity contribution < 1.29 is 9.90 Å². The fourth-order valence-corrected chi connectivity index (χ4v) is 1.76. The molecule has 1 amide bonds. The number of amides is 1. The highest BCUT2D eigenvalue weighted by atomic mass is 16.3. The van der Waals surface area contributed by atoms with E-state index in [0.717, 1.165) is 11.1 Å². The van der Waals surface area contributed by atoms with Gasteiger partial charge in [0, 0.05) is 18.5 Å². The van der Waals surface area contributed by atoms with Gasteiger partial charge in [-0.05, 0) is 11.1 Å². The molecule has 1 atom stereocenters. The molecule has 0 unspecified atom stereocenters. The molecule has 0 saturated heterocycles. The number of hydrogen-bond donors (Lipinski definition) is 2. The van der Waals surface area contributed by atoms with Gasteiger partial charge in [-0.25, -0.2) is 0 Å². The smallest absolute Gasteiger partial charge is 0.244 e. The van der Waals surface area contributed by atoms with Crippen LogP contribution in [0.3, 0.4) is 0 Å². The second kappa shape index (κ2) is 4.28. The Bertz CT molecular complexity index is 384. The van der Waals surface area contributed by atoms with Crippen LogP contribution in [0, 0.1) is 5.92 Å². The summed E-state index contributed by atoms with van der Waals surface area (Å²) in [5.41, 5.74) is 1.92. The predicted octanol–water partition coefficient (Wildman–Crippen LogP) is 0.808. The number of hydrogen-bond acceptors (Lipinski definition) is 2. The lowest BCUT2D eigenvalue weighted by atomic mass is 9.90. The van der Waals surface area contributed by atoms with Crippen LogP contribution < -0.4 is 5.32 Å². The molecule has 3 heteroatoms. The van der Waals surface area contributed by atoms with Gasteiger partial charge in [0.05, 0.1) is 6.61 Å². The maximum atomic E-state index is 11.2. The number of benzene rings is 1. The van der Waals surface area contributed by atoms with E-state index in [1.165, 1.54) is 0 Å². The van der Waals surface area contributed by atoms with Gasteiger partial charge in [-0.1, -0.05) is 30.3 Å². The van der Waals surface area contributed by atoms with Crippen LogP contribution in [0.15, 0.2) is 36.4 Å². The third-order valence-electron chi connectivity index (χ3n) is 2.58. The molecule has 0 aromatic heterocycles. The second-order valence-corrected chi connectivity index (χ2v) is 3.59. The Hall–Kier alpha value is -1.61. The maximum absolute atomic E-state index is 11.2. The molecule has 0 bridgehead atoms. The quantitative estimate of drug-likeness (QED) is 0.747. The van der Waals surface area contributed by atoms with E-state index in [2.05, 4.69) is 5.32 Å². The minimum Gasteiger partial charge on any atom is -0.396 e. The first-order valence-corrected chi connectivity index (χ1v) is 4.97. The molecular weight excluding hydrogens is 190 g/mol. The minimum absolute atomic E-state index is 0.00472. The van der Waals surface area contributed by atoms with E-state index in [1.54, 1.807) is 6.08 Å². The molecule has 3 nitrogen and oxygen atoms in total. The van der Waals surface area contributed by atoms with Crippen LogP contribution in [-0.4, -0.2) is 24.2 Å². The van der Waals surface area contributed by atoms with Gasteiger partial charge in [0.1, 0.15) is 0 Å². The van der Waals surface area contributed by atoms with Crippen molar-refractivity contribution in [3.63, 3.8) is 0 Å². The molecule has 2 N–H and O–H groups in total. The van der Waals surface area contributed by atoms with Gasteiger partial charge in [-0.15, -0.1) is 0 Å². The molecule has 1 aromatic carbocycles. The molecule has 0 spiro atoms. The third kappa shape index (κ3) is 2.07. The van der Waals surface area contributed by atoms with Crippen molar-refractivity contribution in [2.24, 2.45) is 5.92 Å². The third-order valence-corrected chi connectivity index (χ3v) is 2.58. The predicted molar refractivity (Wildman–Crippen MR) is 58.0 cm³/mol. The van der Waals surface area contributed by atoms with E-state index in [4.69, 9.17) is 0 Å². The van der Waals surface area contributed by atoms with Gasteiger partial charge in [-0.2, -0.15) is 0 Å². The average Bonchev–Trinajstić information content (AvgIpc) is 2.30. The minimum atomic E-state index is -0.0847. The number of aliphatic hydroxyl groups excluding tert-OH is 1. The molecule has 1 aliphatic heterocycles. The number of nitrogens with one attached hydrogen (secondary N) is 1. The van der Waals surface area contributed by atoms with E-state index in [1.807, 2.05) is 30.3 Å². The summed E-state index contributed by atoms with van der Waals surface area (Å²) < 4.78 is 0. The van der Waals surface area contributed by atoms with Crippen LogP contribution in [-0.2, 0) is 4.79 Å². The Balaban J connectivity index is 2.36. The molecule has 0 radical (unpaired) electrons. The van der Waals surface area contributed by atoms with Crippen molar-refractivity contribution in [1.29, 1.82) is 0 Å². The number of aliphatic hydroxyl groups is 1. The molecule has 1 aliphatic rings. The summed E-state index contributed by atoms with van der Waals surface area (Å²) in [6.45, 7) is 0.567. The van der Waals surface area contributed by atoms with Gasteiger partial charge >= 0.3 is 0 Å². The summed E-state index contributed by atoms with van der Waals surface area (Å²) in [6.07, 6.45) is 1.57. The monoisotopic (exact) mass is 203 g/mol. The summed E-state index contributed by atoms with van der Waals surface area (Å²) in [5.74, 6) is -0.0800. The van der Waals surface area contributed by atoms with Crippen molar-refractivity contribution >= 4 is 11.5 Å². The highest BCUT2D eigenvalue weighted by Crippen LogP contribution is 2.24. The number of carbonyl (C=O) groups is 1. The Morgan fingerprint density at radius 1 is 1.33 bits per heavy atom. The number of rotatable bonds is 2. The molecular formula is C12H13NO2. The van der Waals surface area contributed by atoms with Crippen LogP contribution in [0.1, 0.15) is 5.56 Å². The van der Waals surface area contributed by atoms with Crippen LogP contribution >= 0.6 is 0 Å². The SMILES string of the molecule is O=C1C=C(c2ccccc2)[C@H](CO)CN1. The zero-order valence-electron chi connectivity index (χ0n) is 8.31. The highest BCUT2D eigenvalue weighted by molar-refractivity contribution is 5.97. The van der Waals surface area contributed by atoms with Gasteiger partial charge in [-0.3, -0.25) is 4.79 Å². The molecule has 2 rings (SSSR count). The van der Waals surface area contributed by atoms with E-state index in [-0.39, 0.29) is 18.4 Å². The summed E-state index contributed by atoms with van der Waals surface area (Å²) in [5, 5.41) is 11.9. The van der Waals surface area contributed by atoms with Crippen molar-refractivity contribution in [3.05, 3.63) is 42.0 Å². The zero-order chi connectivity index (χ0) is 10.7. The van der Waals surface area contributed by atoms with E-state index >= 15 is 0 Å². The Kier molecular flexibility index (Phi) is 2.83. The average molecular weight is 203 g/mol. The second-order valence-electron chi connectivity index (χ2n) is 3.59. The largest absolute Gasteiger partial charge is 0.396 e. The molecule has 0 fully saturated rings. The topological polar surface area (TPSA) is 49.3 Å². The van der Waals surface area contributed by atoms with Crippen LogP contribution in [0.25, 0.3) is 5.57 Å². The summed E-state index contributed by atoms with van der Waals surface area (Å²) in [6, 6.07) is 9.69. The van der Waals surface area contributed by atoms with E-state index < -0.39 is 0 Å². The van der Waals surface area contributed by atoms with Crippen molar-refractivity contribution in [2.45, 2.75) is 0 Å². The Labute approximate surface area is 88.4 Å². The first-order valence-electron chi connectivity index (χ1n) is 4.97. The van der Waals surface area contributed by atoms with Crippen LogP contribution in [0.4, 0.5) is 0 Å². The van der Waals surface area contributed by atoms with Crippen LogP contribution in [0.5, 0.6) is 0 Å². The summed E-state index contributed by atoms with van der Waals surface area (Å²) in [4.78, 5) is 11.2. The Morgan fingerprint density at radius 3 is 2.73 bits per heavy atom. The molecule has 15 heavy (non-hydrogen) atoms. The van der Waals surface area contributed by atoms with Gasteiger partial charge in [0.2, 0.25) is 5.91 Å². The molecule has 0 saturated carbocycles. The Morgan fingerprint density at radius 2 is 2.07 bits per heavy atom. The van der Waals surface area contributed by atoms with Gasteiger partial charge in [0.25, 0.3) is 0 Å². The van der Waals surface area contributed by atoms with Crippen molar-refractivity contribution in [3.8, 4) is 0 Å². The molecule has 0 aliphatic carbocycles. The fourth-order valence-electron chi connectivity index (χ4n) is 1.76. The molecule has 1 heterocycles. The first-order chi connectivity index (χ1) is 7.31. The normalized spacial score (nSPS) is 20.7. The fraction of sp³-hybridized carbons (Fsp3) is 0.250. The zero-order valence-corrected chi connectivity index (χ0v) is 8.31. The molecule has 1 aromatic rings. The van der Waals surface area contributed by atoms with Gasteiger partial charge in [0.15, 0.2) is 0 Å². The van der Waals surface area contributed by atoms with Gasteiger partial charge < -0.3 is 10.4 Å². The molecule has 78 valence electrons. The van der Waals surface area contributed by atoms with Crippen LogP contribution in [0.2, 0.25) is 0 Å². The first kappa shape index (κ1) is 9.93. The lowest BCUT2D eigenvalue weighted by Gasteiger charge is -2.23. The van der Waals surface area contributed by atoms with E-state index in [0.29, 0.717) is 6.54 Å². The van der Waals surface area contributed by atoms with E-state index in [9.17, 15) is 9.90 Å². The number of carbonyl (C=O) groups excluding carboxylic acids is 1. The summed E-state index contributed by atoms with van der Waals surface area (Å²) >= 11 is 0.